The lowest BCUT2D eigenvalue weighted by Gasteiger charge is -2.18. The van der Waals surface area contributed by atoms with Crippen LogP contribution in [0, 0.1) is 10.1 Å². The number of amides is 1. The fraction of sp³-hybridized carbons (Fsp3) is 0.125. The number of carbonyl (C=O) groups is 3. The van der Waals surface area contributed by atoms with E-state index in [0.29, 0.717) is 16.9 Å². The number of non-ortho nitro benzene ring substituents is 1. The van der Waals surface area contributed by atoms with Gasteiger partial charge in [0.15, 0.2) is 12.4 Å². The van der Waals surface area contributed by atoms with Crippen LogP contribution >= 0.6 is 11.6 Å². The van der Waals surface area contributed by atoms with E-state index in [1.807, 2.05) is 0 Å². The smallest absolute Gasteiger partial charge is 0.345 e. The van der Waals surface area contributed by atoms with Crippen molar-refractivity contribution in [2.45, 2.75) is 13.0 Å². The first-order valence-corrected chi connectivity index (χ1v) is 10.4. The van der Waals surface area contributed by atoms with Gasteiger partial charge in [-0.2, -0.15) is 0 Å². The van der Waals surface area contributed by atoms with Crippen molar-refractivity contribution in [2.75, 3.05) is 11.9 Å². The molecule has 0 aromatic heterocycles. The van der Waals surface area contributed by atoms with Crippen LogP contribution < -0.4 is 10.1 Å². The molecule has 0 spiro atoms. The van der Waals surface area contributed by atoms with Gasteiger partial charge < -0.3 is 14.8 Å². The molecule has 34 heavy (non-hydrogen) atoms. The summed E-state index contributed by atoms with van der Waals surface area (Å²) >= 11 is 6.05. The van der Waals surface area contributed by atoms with Crippen LogP contribution in [0.15, 0.2) is 72.8 Å². The molecule has 3 aromatic carbocycles. The van der Waals surface area contributed by atoms with E-state index in [1.165, 1.54) is 19.1 Å². The first kappa shape index (κ1) is 24.4. The Labute approximate surface area is 199 Å². The van der Waals surface area contributed by atoms with Crippen molar-refractivity contribution in [2.24, 2.45) is 0 Å². The minimum atomic E-state index is -1.33. The number of ketones is 1. The van der Waals surface area contributed by atoms with E-state index in [2.05, 4.69) is 5.32 Å². The number of benzene rings is 3. The summed E-state index contributed by atoms with van der Waals surface area (Å²) < 4.78 is 10.8. The van der Waals surface area contributed by atoms with Gasteiger partial charge in [0.2, 0.25) is 6.10 Å². The fourth-order valence-electron chi connectivity index (χ4n) is 2.91. The van der Waals surface area contributed by atoms with Gasteiger partial charge in [-0.15, -0.1) is 0 Å². The molecule has 0 aliphatic carbocycles. The number of anilines is 1. The maximum Gasteiger partial charge on any atom is 0.345 e. The molecule has 174 valence electrons. The number of nitro groups is 1. The number of esters is 1. The molecule has 0 heterocycles. The molecular weight excluding hydrogens is 464 g/mol. The minimum Gasteiger partial charge on any atom is -0.482 e. The Morgan fingerprint density at radius 2 is 1.71 bits per heavy atom. The summed E-state index contributed by atoms with van der Waals surface area (Å²) in [6.45, 7) is 0.959. The molecule has 0 fully saturated rings. The lowest BCUT2D eigenvalue weighted by atomic mass is 10.1. The topological polar surface area (TPSA) is 125 Å². The van der Waals surface area contributed by atoms with Crippen molar-refractivity contribution in [3.63, 3.8) is 0 Å². The molecule has 0 aliphatic rings. The maximum atomic E-state index is 12.9. The summed E-state index contributed by atoms with van der Waals surface area (Å²) in [5.74, 6) is -1.27. The third-order valence-corrected chi connectivity index (χ3v) is 4.94. The second-order valence-corrected chi connectivity index (χ2v) is 7.47. The highest BCUT2D eigenvalue weighted by Gasteiger charge is 2.26. The normalized spacial score (nSPS) is 11.2. The Morgan fingerprint density at radius 1 is 1.03 bits per heavy atom. The van der Waals surface area contributed by atoms with Crippen molar-refractivity contribution < 1.29 is 28.8 Å². The van der Waals surface area contributed by atoms with Crippen LogP contribution in [0.1, 0.15) is 28.9 Å². The van der Waals surface area contributed by atoms with E-state index in [1.54, 1.807) is 54.6 Å². The van der Waals surface area contributed by atoms with Crippen LogP contribution in [0.2, 0.25) is 5.02 Å². The second kappa shape index (κ2) is 11.1. The van der Waals surface area contributed by atoms with Crippen molar-refractivity contribution in [1.82, 2.24) is 0 Å². The highest BCUT2D eigenvalue weighted by atomic mass is 35.5. The predicted octanol–water partition coefficient (Wildman–Crippen LogP) is 4.75. The zero-order valence-corrected chi connectivity index (χ0v) is 18.7. The molecule has 1 N–H and O–H groups in total. The van der Waals surface area contributed by atoms with Crippen molar-refractivity contribution in [3.8, 4) is 5.75 Å². The van der Waals surface area contributed by atoms with E-state index >= 15 is 0 Å². The number of nitrogens with one attached hydrogen (secondary N) is 1. The standard InChI is InChI=1S/C24H19ClN2O7/c1-15(28)16-7-10-19(11-8-16)33-14-22(29)34-23(17-5-3-2-4-6-17)24(30)26-21-12-9-18(27(31)32)13-20(21)25/h2-13,23H,14H2,1H3,(H,26,30). The zero-order chi connectivity index (χ0) is 24.7. The number of hydrogen-bond donors (Lipinski definition) is 1. The molecule has 0 saturated heterocycles. The van der Waals surface area contributed by atoms with Gasteiger partial charge in [0.1, 0.15) is 5.75 Å². The summed E-state index contributed by atoms with van der Waals surface area (Å²) in [5, 5.41) is 13.4. The van der Waals surface area contributed by atoms with Crippen LogP contribution in [-0.4, -0.2) is 29.2 Å². The molecule has 0 aliphatic heterocycles. The van der Waals surface area contributed by atoms with Crippen molar-refractivity contribution in [3.05, 3.63) is 99.1 Å². The zero-order valence-electron chi connectivity index (χ0n) is 17.9. The summed E-state index contributed by atoms with van der Waals surface area (Å²) in [5.41, 5.74) is 0.788. The number of Topliss-reactive ketones (excluding diaryl/α,β-unsaturated/α-hetero) is 1. The van der Waals surface area contributed by atoms with Crippen LogP contribution in [-0.2, 0) is 14.3 Å². The van der Waals surface area contributed by atoms with Crippen LogP contribution in [0.5, 0.6) is 5.75 Å². The largest absolute Gasteiger partial charge is 0.482 e. The van der Waals surface area contributed by atoms with Gasteiger partial charge >= 0.3 is 5.97 Å². The monoisotopic (exact) mass is 482 g/mol. The summed E-state index contributed by atoms with van der Waals surface area (Å²) in [6, 6.07) is 18.1. The van der Waals surface area contributed by atoms with E-state index < -0.39 is 29.5 Å². The lowest BCUT2D eigenvalue weighted by Crippen LogP contribution is -2.28. The number of hydrogen-bond acceptors (Lipinski definition) is 7. The second-order valence-electron chi connectivity index (χ2n) is 7.06. The van der Waals surface area contributed by atoms with Gasteiger partial charge in [0, 0.05) is 23.3 Å². The highest BCUT2D eigenvalue weighted by molar-refractivity contribution is 6.34. The molecule has 0 bridgehead atoms. The number of carbonyl (C=O) groups excluding carboxylic acids is 3. The molecule has 0 radical (unpaired) electrons. The Morgan fingerprint density at radius 3 is 2.29 bits per heavy atom. The molecule has 1 atom stereocenters. The van der Waals surface area contributed by atoms with Crippen LogP contribution in [0.4, 0.5) is 11.4 Å². The Hall–Kier alpha value is -4.24. The Balaban J connectivity index is 1.71. The summed E-state index contributed by atoms with van der Waals surface area (Å²) in [7, 11) is 0. The quantitative estimate of drug-likeness (QED) is 0.202. The minimum absolute atomic E-state index is 0.0435. The number of halogens is 1. The van der Waals surface area contributed by atoms with Gasteiger partial charge in [-0.25, -0.2) is 4.79 Å². The van der Waals surface area contributed by atoms with Gasteiger partial charge in [0.25, 0.3) is 11.6 Å². The molecular formula is C24H19ClN2O7. The van der Waals surface area contributed by atoms with Gasteiger partial charge in [0.05, 0.1) is 15.6 Å². The molecule has 1 amide bonds. The number of nitrogens with zero attached hydrogens (tertiary/aromatic N) is 1. The average Bonchev–Trinajstić information content (AvgIpc) is 2.83. The SMILES string of the molecule is CC(=O)c1ccc(OCC(=O)OC(C(=O)Nc2ccc([N+](=O)[O-])cc2Cl)c2ccccc2)cc1. The average molecular weight is 483 g/mol. The third kappa shape index (κ3) is 6.39. The third-order valence-electron chi connectivity index (χ3n) is 4.63. The summed E-state index contributed by atoms with van der Waals surface area (Å²) in [6.07, 6.45) is -1.33. The van der Waals surface area contributed by atoms with Crippen molar-refractivity contribution >= 4 is 40.6 Å². The van der Waals surface area contributed by atoms with E-state index in [4.69, 9.17) is 21.1 Å². The van der Waals surface area contributed by atoms with Crippen LogP contribution in [0.3, 0.4) is 0 Å². The number of nitro benzene ring substituents is 1. The maximum absolute atomic E-state index is 12.9. The Kier molecular flexibility index (Phi) is 7.94. The molecule has 0 saturated carbocycles. The number of rotatable bonds is 9. The molecule has 3 aromatic rings. The van der Waals surface area contributed by atoms with Crippen LogP contribution in [0.25, 0.3) is 0 Å². The fourth-order valence-corrected chi connectivity index (χ4v) is 3.13. The highest BCUT2D eigenvalue weighted by Crippen LogP contribution is 2.28. The summed E-state index contributed by atoms with van der Waals surface area (Å²) in [4.78, 5) is 47.0. The van der Waals surface area contributed by atoms with Crippen molar-refractivity contribution in [1.29, 1.82) is 0 Å². The van der Waals surface area contributed by atoms with E-state index in [0.717, 1.165) is 6.07 Å². The van der Waals surface area contributed by atoms with E-state index in [-0.39, 0.29) is 22.2 Å². The predicted molar refractivity (Wildman–Crippen MR) is 124 cm³/mol. The van der Waals surface area contributed by atoms with Gasteiger partial charge in [-0.3, -0.25) is 19.7 Å². The molecule has 3 rings (SSSR count). The molecule has 9 nitrogen and oxygen atoms in total. The van der Waals surface area contributed by atoms with Gasteiger partial charge in [-0.1, -0.05) is 41.9 Å². The Bertz CT molecular complexity index is 1210. The molecule has 10 heteroatoms. The van der Waals surface area contributed by atoms with Gasteiger partial charge in [-0.05, 0) is 37.3 Å². The first-order chi connectivity index (χ1) is 16.2. The molecule has 1 unspecified atom stereocenters. The van der Waals surface area contributed by atoms with E-state index in [9.17, 15) is 24.5 Å². The lowest BCUT2D eigenvalue weighted by molar-refractivity contribution is -0.384. The number of ether oxygens (including phenoxy) is 2. The first-order valence-electron chi connectivity index (χ1n) is 9.97.